The summed E-state index contributed by atoms with van der Waals surface area (Å²) in [6.07, 6.45) is -0.191. The highest BCUT2D eigenvalue weighted by Crippen LogP contribution is 2.40. The van der Waals surface area contributed by atoms with E-state index in [4.69, 9.17) is 4.74 Å². The highest BCUT2D eigenvalue weighted by Gasteiger charge is 2.46. The molecule has 0 radical (unpaired) electrons. The van der Waals surface area contributed by atoms with Crippen LogP contribution in [-0.4, -0.2) is 11.9 Å². The molecule has 2 heteroatoms. The van der Waals surface area contributed by atoms with Gasteiger partial charge in [-0.15, -0.1) is 0 Å². The molecule has 0 saturated carbocycles. The number of epoxide rings is 1. The summed E-state index contributed by atoms with van der Waals surface area (Å²) in [5.41, 5.74) is 1.10. The molecule has 1 fully saturated rings. The molecule has 1 aliphatic rings. The van der Waals surface area contributed by atoms with Crippen molar-refractivity contribution in [3.05, 3.63) is 35.9 Å². The molecular weight excluding hydrogens is 176 g/mol. The highest BCUT2D eigenvalue weighted by atomic mass is 16.6. The quantitative estimate of drug-likeness (QED) is 0.685. The third-order valence-electron chi connectivity index (χ3n) is 2.47. The normalized spacial score (nSPS) is 25.1. The molecule has 0 unspecified atom stereocenters. The minimum Gasteiger partial charge on any atom is -0.356 e. The van der Waals surface area contributed by atoms with Crippen LogP contribution in [0.25, 0.3) is 0 Å². The van der Waals surface area contributed by atoms with Gasteiger partial charge in [0.1, 0.15) is 12.2 Å². The van der Waals surface area contributed by atoms with Crippen LogP contribution in [0.4, 0.5) is 0 Å². The molecule has 1 aliphatic heterocycles. The fraction of sp³-hybridized carbons (Fsp3) is 0.417. The molecule has 0 amide bonds. The number of hydrogen-bond acceptors (Lipinski definition) is 2. The van der Waals surface area contributed by atoms with Crippen molar-refractivity contribution in [2.75, 3.05) is 0 Å². The van der Waals surface area contributed by atoms with Gasteiger partial charge in [0.15, 0.2) is 5.78 Å². The first-order valence-corrected chi connectivity index (χ1v) is 4.94. The van der Waals surface area contributed by atoms with Crippen molar-refractivity contribution < 1.29 is 9.53 Å². The largest absolute Gasteiger partial charge is 0.356 e. The number of ether oxygens (including phenoxy) is 1. The van der Waals surface area contributed by atoms with Gasteiger partial charge in [-0.25, -0.2) is 0 Å². The lowest BCUT2D eigenvalue weighted by molar-refractivity contribution is -0.123. The molecule has 14 heavy (non-hydrogen) atoms. The van der Waals surface area contributed by atoms with Gasteiger partial charge in [0.05, 0.1) is 0 Å². The highest BCUT2D eigenvalue weighted by molar-refractivity contribution is 5.87. The molecule has 0 bridgehead atoms. The third-order valence-corrected chi connectivity index (χ3v) is 2.47. The van der Waals surface area contributed by atoms with Gasteiger partial charge in [0, 0.05) is 5.92 Å². The Morgan fingerprint density at radius 3 is 2.50 bits per heavy atom. The van der Waals surface area contributed by atoms with Gasteiger partial charge in [0.25, 0.3) is 0 Å². The summed E-state index contributed by atoms with van der Waals surface area (Å²) in [6, 6.07) is 9.89. The lowest BCUT2D eigenvalue weighted by Crippen LogP contribution is -2.14. The number of carbonyl (C=O) groups excluding carboxylic acids is 1. The second kappa shape index (κ2) is 3.54. The van der Waals surface area contributed by atoms with Crippen molar-refractivity contribution in [1.82, 2.24) is 0 Å². The Kier molecular flexibility index (Phi) is 2.38. The average Bonchev–Trinajstić information content (AvgIpc) is 2.97. The van der Waals surface area contributed by atoms with E-state index in [1.807, 2.05) is 44.2 Å². The number of hydrogen-bond donors (Lipinski definition) is 0. The predicted octanol–water partition coefficient (Wildman–Crippen LogP) is 2.35. The van der Waals surface area contributed by atoms with E-state index in [0.29, 0.717) is 0 Å². The van der Waals surface area contributed by atoms with E-state index >= 15 is 0 Å². The van der Waals surface area contributed by atoms with Gasteiger partial charge in [-0.2, -0.15) is 0 Å². The Morgan fingerprint density at radius 2 is 1.93 bits per heavy atom. The SMILES string of the molecule is CC(C)C(=O)[C@H]1O[C@H]1c1ccccc1. The van der Waals surface area contributed by atoms with Crippen molar-refractivity contribution in [2.45, 2.75) is 26.1 Å². The molecule has 0 aromatic heterocycles. The van der Waals surface area contributed by atoms with Crippen LogP contribution >= 0.6 is 0 Å². The Labute approximate surface area is 83.9 Å². The molecule has 2 rings (SSSR count). The maximum atomic E-state index is 11.6. The molecule has 74 valence electrons. The Balaban J connectivity index is 2.03. The lowest BCUT2D eigenvalue weighted by atomic mass is 10.0. The molecule has 1 saturated heterocycles. The molecule has 2 atom stereocenters. The summed E-state index contributed by atoms with van der Waals surface area (Å²) < 4.78 is 5.38. The number of carbonyl (C=O) groups is 1. The second-order valence-electron chi connectivity index (χ2n) is 3.95. The topological polar surface area (TPSA) is 29.6 Å². The van der Waals surface area contributed by atoms with E-state index in [1.54, 1.807) is 0 Å². The summed E-state index contributed by atoms with van der Waals surface area (Å²) in [4.78, 5) is 11.6. The summed E-state index contributed by atoms with van der Waals surface area (Å²) >= 11 is 0. The van der Waals surface area contributed by atoms with Crippen molar-refractivity contribution in [2.24, 2.45) is 5.92 Å². The van der Waals surface area contributed by atoms with Gasteiger partial charge in [-0.3, -0.25) is 4.79 Å². The molecular formula is C12H14O2. The molecule has 2 nitrogen and oxygen atoms in total. The Morgan fingerprint density at radius 1 is 1.29 bits per heavy atom. The van der Waals surface area contributed by atoms with Gasteiger partial charge in [0.2, 0.25) is 0 Å². The van der Waals surface area contributed by atoms with Crippen LogP contribution in [0.15, 0.2) is 30.3 Å². The van der Waals surface area contributed by atoms with Crippen LogP contribution in [0.3, 0.4) is 0 Å². The van der Waals surface area contributed by atoms with Crippen LogP contribution in [0.5, 0.6) is 0 Å². The van der Waals surface area contributed by atoms with E-state index in [1.165, 1.54) is 0 Å². The van der Waals surface area contributed by atoms with E-state index in [0.717, 1.165) is 5.56 Å². The first-order valence-electron chi connectivity index (χ1n) is 4.94. The molecule has 1 aromatic rings. The fourth-order valence-corrected chi connectivity index (χ4v) is 1.55. The van der Waals surface area contributed by atoms with Crippen molar-refractivity contribution in [3.63, 3.8) is 0 Å². The van der Waals surface area contributed by atoms with Gasteiger partial charge in [-0.1, -0.05) is 44.2 Å². The van der Waals surface area contributed by atoms with Crippen LogP contribution in [-0.2, 0) is 9.53 Å². The van der Waals surface area contributed by atoms with Gasteiger partial charge >= 0.3 is 0 Å². The zero-order valence-corrected chi connectivity index (χ0v) is 8.44. The van der Waals surface area contributed by atoms with Crippen molar-refractivity contribution in [3.8, 4) is 0 Å². The average molecular weight is 190 g/mol. The number of rotatable bonds is 3. The monoisotopic (exact) mass is 190 g/mol. The summed E-state index contributed by atoms with van der Waals surface area (Å²) in [7, 11) is 0. The van der Waals surface area contributed by atoms with E-state index in [2.05, 4.69) is 0 Å². The van der Waals surface area contributed by atoms with Crippen LogP contribution in [0.2, 0.25) is 0 Å². The van der Waals surface area contributed by atoms with E-state index in [9.17, 15) is 4.79 Å². The maximum Gasteiger partial charge on any atom is 0.167 e. The first kappa shape index (κ1) is 9.41. The summed E-state index contributed by atoms with van der Waals surface area (Å²) in [5.74, 6) is 0.271. The molecule has 0 N–H and O–H groups in total. The number of Topliss-reactive ketones (excluding diaryl/α,β-unsaturated/α-hetero) is 1. The molecule has 1 heterocycles. The molecule has 0 spiro atoms. The van der Waals surface area contributed by atoms with Crippen molar-refractivity contribution in [1.29, 1.82) is 0 Å². The minimum absolute atomic E-state index is 0.00565. The van der Waals surface area contributed by atoms with Gasteiger partial charge < -0.3 is 4.74 Å². The van der Waals surface area contributed by atoms with Crippen molar-refractivity contribution >= 4 is 5.78 Å². The number of ketones is 1. The van der Waals surface area contributed by atoms with Crippen LogP contribution in [0.1, 0.15) is 25.5 Å². The standard InChI is InChI=1S/C12H14O2/c1-8(2)10(13)12-11(14-12)9-6-4-3-5-7-9/h3-8,11-12H,1-2H3/t11-,12+/m0/s1. The smallest absolute Gasteiger partial charge is 0.167 e. The number of benzene rings is 1. The minimum atomic E-state index is -0.197. The van der Waals surface area contributed by atoms with E-state index < -0.39 is 0 Å². The van der Waals surface area contributed by atoms with Crippen LogP contribution < -0.4 is 0 Å². The van der Waals surface area contributed by atoms with E-state index in [-0.39, 0.29) is 23.9 Å². The summed E-state index contributed by atoms with van der Waals surface area (Å²) in [5, 5.41) is 0. The van der Waals surface area contributed by atoms with Gasteiger partial charge in [-0.05, 0) is 5.56 Å². The summed E-state index contributed by atoms with van der Waals surface area (Å²) in [6.45, 7) is 3.82. The zero-order valence-electron chi connectivity index (χ0n) is 8.44. The Bertz CT molecular complexity index is 329. The zero-order chi connectivity index (χ0) is 10.1. The molecule has 0 aliphatic carbocycles. The molecule has 1 aromatic carbocycles. The third kappa shape index (κ3) is 1.70. The second-order valence-corrected chi connectivity index (χ2v) is 3.95. The van der Waals surface area contributed by atoms with Crippen LogP contribution in [0, 0.1) is 5.92 Å². The first-order chi connectivity index (χ1) is 6.70. The lowest BCUT2D eigenvalue weighted by Gasteiger charge is -1.98. The fourth-order valence-electron chi connectivity index (χ4n) is 1.55. The Hall–Kier alpha value is -1.15. The predicted molar refractivity (Wildman–Crippen MR) is 53.9 cm³/mol. The maximum absolute atomic E-state index is 11.6.